The zero-order chi connectivity index (χ0) is 11.4. The highest BCUT2D eigenvalue weighted by Crippen LogP contribution is 2.22. The summed E-state index contributed by atoms with van der Waals surface area (Å²) in [7, 11) is 1.90. The first-order valence-corrected chi connectivity index (χ1v) is 5.27. The molecule has 4 nitrogen and oxygen atoms in total. The molecule has 1 unspecified atom stereocenters. The molecule has 1 heterocycles. The first-order valence-electron chi connectivity index (χ1n) is 5.27. The monoisotopic (exact) mass is 206 g/mol. The quantitative estimate of drug-likeness (QED) is 0.752. The summed E-state index contributed by atoms with van der Waals surface area (Å²) in [5.74, 6) is 0. The van der Waals surface area contributed by atoms with Gasteiger partial charge < -0.3 is 0 Å². The van der Waals surface area contributed by atoms with E-state index in [4.69, 9.17) is 0 Å². The Balaban J connectivity index is 3.03. The summed E-state index contributed by atoms with van der Waals surface area (Å²) in [6.07, 6.45) is 1.79. The van der Waals surface area contributed by atoms with Crippen molar-refractivity contribution >= 4 is 0 Å². The molecule has 0 fully saturated rings. The molecule has 0 aliphatic heterocycles. The van der Waals surface area contributed by atoms with Crippen LogP contribution in [0.2, 0.25) is 0 Å². The predicted molar refractivity (Wildman–Crippen MR) is 59.2 cm³/mol. The van der Waals surface area contributed by atoms with Crippen molar-refractivity contribution in [2.45, 2.75) is 26.8 Å². The first-order chi connectivity index (χ1) is 7.15. The molecule has 0 aliphatic rings. The van der Waals surface area contributed by atoms with Crippen molar-refractivity contribution in [3.8, 4) is 6.07 Å². The van der Waals surface area contributed by atoms with Crippen LogP contribution in [0.4, 0.5) is 0 Å². The summed E-state index contributed by atoms with van der Waals surface area (Å²) in [5, 5.41) is 13.4. The molecule has 0 aliphatic carbocycles. The molecule has 0 saturated heterocycles. The lowest BCUT2D eigenvalue weighted by molar-refractivity contribution is 0.262. The van der Waals surface area contributed by atoms with Crippen molar-refractivity contribution in [3.05, 3.63) is 17.5 Å². The van der Waals surface area contributed by atoms with Crippen molar-refractivity contribution in [2.24, 2.45) is 7.05 Å². The van der Waals surface area contributed by atoms with E-state index in [1.54, 1.807) is 6.20 Å². The van der Waals surface area contributed by atoms with Gasteiger partial charge in [-0.25, -0.2) is 0 Å². The van der Waals surface area contributed by atoms with E-state index in [0.29, 0.717) is 0 Å². The number of hydrogen-bond acceptors (Lipinski definition) is 3. The van der Waals surface area contributed by atoms with Gasteiger partial charge in [0.05, 0.1) is 12.3 Å². The summed E-state index contributed by atoms with van der Waals surface area (Å²) in [5.41, 5.74) is 2.08. The highest BCUT2D eigenvalue weighted by atomic mass is 15.3. The third-order valence-electron chi connectivity index (χ3n) is 2.87. The fraction of sp³-hybridized carbons (Fsp3) is 0.636. The second kappa shape index (κ2) is 4.94. The molecule has 0 aromatic carbocycles. The minimum atomic E-state index is -0.173. The van der Waals surface area contributed by atoms with Crippen LogP contribution in [0.5, 0.6) is 0 Å². The lowest BCUT2D eigenvalue weighted by Gasteiger charge is -2.23. The van der Waals surface area contributed by atoms with Crippen molar-refractivity contribution in [1.29, 1.82) is 5.26 Å². The molecule has 0 N–H and O–H groups in total. The van der Waals surface area contributed by atoms with Gasteiger partial charge in [0.1, 0.15) is 6.04 Å². The Kier molecular flexibility index (Phi) is 3.87. The first kappa shape index (κ1) is 11.7. The van der Waals surface area contributed by atoms with Crippen LogP contribution in [0.3, 0.4) is 0 Å². The maximum Gasteiger partial charge on any atom is 0.127 e. The number of aromatic nitrogens is 2. The minimum Gasteiger partial charge on any atom is -0.285 e. The maximum absolute atomic E-state index is 9.22. The highest BCUT2D eigenvalue weighted by Gasteiger charge is 2.21. The van der Waals surface area contributed by atoms with E-state index in [1.807, 2.05) is 18.7 Å². The zero-order valence-corrected chi connectivity index (χ0v) is 9.86. The summed E-state index contributed by atoms with van der Waals surface area (Å²) in [6, 6.07) is 2.17. The Morgan fingerprint density at radius 2 is 2.13 bits per heavy atom. The Labute approximate surface area is 91.1 Å². The smallest absolute Gasteiger partial charge is 0.127 e. The van der Waals surface area contributed by atoms with Crippen LogP contribution >= 0.6 is 0 Å². The third kappa shape index (κ3) is 2.18. The van der Waals surface area contributed by atoms with Gasteiger partial charge in [-0.3, -0.25) is 9.58 Å². The molecule has 0 bridgehead atoms. The van der Waals surface area contributed by atoms with Crippen LogP contribution in [0.1, 0.15) is 31.1 Å². The molecule has 0 spiro atoms. The molecule has 1 rings (SSSR count). The SMILES string of the molecule is CCN(CC)C(C#N)c1cnn(C)c1C. The number of nitriles is 1. The van der Waals surface area contributed by atoms with Gasteiger partial charge in [-0.05, 0) is 20.0 Å². The molecule has 82 valence electrons. The van der Waals surface area contributed by atoms with Gasteiger partial charge in [-0.2, -0.15) is 10.4 Å². The van der Waals surface area contributed by atoms with Gasteiger partial charge in [0, 0.05) is 18.3 Å². The van der Waals surface area contributed by atoms with Gasteiger partial charge in [0.25, 0.3) is 0 Å². The molecule has 0 amide bonds. The lowest BCUT2D eigenvalue weighted by Crippen LogP contribution is -2.27. The van der Waals surface area contributed by atoms with Crippen LogP contribution in [0.25, 0.3) is 0 Å². The zero-order valence-electron chi connectivity index (χ0n) is 9.86. The Bertz CT molecular complexity index is 357. The molecule has 15 heavy (non-hydrogen) atoms. The number of nitrogens with zero attached hydrogens (tertiary/aromatic N) is 4. The Morgan fingerprint density at radius 1 is 1.53 bits per heavy atom. The summed E-state index contributed by atoms with van der Waals surface area (Å²) >= 11 is 0. The lowest BCUT2D eigenvalue weighted by atomic mass is 10.1. The second-order valence-electron chi connectivity index (χ2n) is 3.56. The van der Waals surface area contributed by atoms with Crippen molar-refractivity contribution in [1.82, 2.24) is 14.7 Å². The second-order valence-corrected chi connectivity index (χ2v) is 3.56. The third-order valence-corrected chi connectivity index (χ3v) is 2.87. The van der Waals surface area contributed by atoms with E-state index >= 15 is 0 Å². The standard InChI is InChI=1S/C11H18N4/c1-5-15(6-2)11(7-12)10-8-13-14(4)9(10)3/h8,11H,5-6H2,1-4H3. The van der Waals surface area contributed by atoms with E-state index in [0.717, 1.165) is 24.3 Å². The number of rotatable bonds is 4. The van der Waals surface area contributed by atoms with Crippen LogP contribution in [-0.2, 0) is 7.05 Å². The van der Waals surface area contributed by atoms with Crippen molar-refractivity contribution in [2.75, 3.05) is 13.1 Å². The molecular weight excluding hydrogens is 188 g/mol. The van der Waals surface area contributed by atoms with Gasteiger partial charge in [-0.1, -0.05) is 13.8 Å². The normalized spacial score (nSPS) is 12.8. The minimum absolute atomic E-state index is 0.173. The average molecular weight is 206 g/mol. The van der Waals surface area contributed by atoms with E-state index in [1.165, 1.54) is 0 Å². The van der Waals surface area contributed by atoms with E-state index in [-0.39, 0.29) is 6.04 Å². The summed E-state index contributed by atoms with van der Waals surface area (Å²) in [6.45, 7) is 7.89. The van der Waals surface area contributed by atoms with E-state index in [2.05, 4.69) is 29.9 Å². The molecule has 1 aromatic rings. The van der Waals surface area contributed by atoms with Gasteiger partial charge in [0.2, 0.25) is 0 Å². The molecule has 4 heteroatoms. The van der Waals surface area contributed by atoms with E-state index < -0.39 is 0 Å². The number of aryl methyl sites for hydroxylation is 1. The largest absolute Gasteiger partial charge is 0.285 e. The topological polar surface area (TPSA) is 44.9 Å². The van der Waals surface area contributed by atoms with E-state index in [9.17, 15) is 5.26 Å². The van der Waals surface area contributed by atoms with Crippen LogP contribution in [-0.4, -0.2) is 27.8 Å². The molecule has 0 radical (unpaired) electrons. The predicted octanol–water partition coefficient (Wildman–Crippen LogP) is 1.64. The molecule has 0 saturated carbocycles. The maximum atomic E-state index is 9.22. The number of hydrogen-bond donors (Lipinski definition) is 0. The fourth-order valence-electron chi connectivity index (χ4n) is 1.72. The highest BCUT2D eigenvalue weighted by molar-refractivity contribution is 5.25. The average Bonchev–Trinajstić information content (AvgIpc) is 2.57. The van der Waals surface area contributed by atoms with Gasteiger partial charge >= 0.3 is 0 Å². The fourth-order valence-corrected chi connectivity index (χ4v) is 1.72. The van der Waals surface area contributed by atoms with Crippen molar-refractivity contribution in [3.63, 3.8) is 0 Å². The van der Waals surface area contributed by atoms with Crippen LogP contribution in [0.15, 0.2) is 6.20 Å². The molecule has 1 atom stereocenters. The Hall–Kier alpha value is -1.34. The van der Waals surface area contributed by atoms with Crippen LogP contribution in [0, 0.1) is 18.3 Å². The van der Waals surface area contributed by atoms with Crippen LogP contribution < -0.4 is 0 Å². The molecule has 1 aromatic heterocycles. The molecular formula is C11H18N4. The summed E-state index contributed by atoms with van der Waals surface area (Å²) in [4.78, 5) is 2.13. The van der Waals surface area contributed by atoms with Crippen molar-refractivity contribution < 1.29 is 0 Å². The summed E-state index contributed by atoms with van der Waals surface area (Å²) < 4.78 is 1.81. The van der Waals surface area contributed by atoms with Gasteiger partial charge in [-0.15, -0.1) is 0 Å². The Morgan fingerprint density at radius 3 is 2.47 bits per heavy atom. The van der Waals surface area contributed by atoms with Gasteiger partial charge in [0.15, 0.2) is 0 Å².